The van der Waals surface area contributed by atoms with Crippen LogP contribution >= 0.6 is 11.8 Å². The van der Waals surface area contributed by atoms with Crippen molar-refractivity contribution in [2.45, 2.75) is 16.2 Å². The van der Waals surface area contributed by atoms with Gasteiger partial charge in [-0.1, -0.05) is 36.0 Å². The highest BCUT2D eigenvalue weighted by molar-refractivity contribution is 7.99. The van der Waals surface area contributed by atoms with Crippen LogP contribution in [0, 0.1) is 6.07 Å². The lowest BCUT2D eigenvalue weighted by atomic mass is 10.0. The Bertz CT molecular complexity index is 1050. The number of ether oxygens (including phenoxy) is 1. The fourth-order valence-electron chi connectivity index (χ4n) is 3.58. The summed E-state index contributed by atoms with van der Waals surface area (Å²) in [6.45, 7) is 2.77. The molecule has 4 nitrogen and oxygen atoms in total. The molecule has 0 unspecified atom stereocenters. The second-order valence-corrected chi connectivity index (χ2v) is 7.75. The smallest absolute Gasteiger partial charge is 0.200 e. The summed E-state index contributed by atoms with van der Waals surface area (Å²) >= 11 is 1.74. The van der Waals surface area contributed by atoms with Gasteiger partial charge in [-0.25, -0.2) is 0 Å². The van der Waals surface area contributed by atoms with Gasteiger partial charge in [0.15, 0.2) is 11.3 Å². The third-order valence-corrected chi connectivity index (χ3v) is 6.24. The Kier molecular flexibility index (Phi) is 4.26. The van der Waals surface area contributed by atoms with E-state index in [1.165, 1.54) is 20.9 Å². The van der Waals surface area contributed by atoms with E-state index in [0.29, 0.717) is 24.9 Å². The van der Waals surface area contributed by atoms with Gasteiger partial charge in [-0.15, -0.1) is 0 Å². The van der Waals surface area contributed by atoms with Crippen molar-refractivity contribution < 1.29 is 9.15 Å². The van der Waals surface area contributed by atoms with Crippen LogP contribution < -0.4 is 10.3 Å². The fraction of sp³-hybridized carbons (Fsp3) is 0.227. The van der Waals surface area contributed by atoms with E-state index in [2.05, 4.69) is 29.2 Å². The van der Waals surface area contributed by atoms with Crippen molar-refractivity contribution >= 4 is 17.6 Å². The molecular weight excluding hydrogens is 358 g/mol. The van der Waals surface area contributed by atoms with Crippen LogP contribution in [0.1, 0.15) is 11.1 Å². The first-order valence-electron chi connectivity index (χ1n) is 9.05. The van der Waals surface area contributed by atoms with Gasteiger partial charge in [-0.2, -0.15) is 0 Å². The van der Waals surface area contributed by atoms with E-state index >= 15 is 0 Å². The summed E-state index contributed by atoms with van der Waals surface area (Å²) in [5.41, 5.74) is 3.48. The summed E-state index contributed by atoms with van der Waals surface area (Å²) in [5.74, 6) is 1.24. The standard InChI is InChI=1S/C22H18NO3S/c24-17-13-19(26-21(14-17)23-8-10-25-11-9-23)18-6-3-5-16-12-15-4-1-2-7-20(15)27-22(16)18/h2-7,13-14H,8-12H2. The van der Waals surface area contributed by atoms with Crippen LogP contribution in [0.5, 0.6) is 0 Å². The van der Waals surface area contributed by atoms with Crippen LogP contribution in [0.2, 0.25) is 0 Å². The molecule has 1 saturated heterocycles. The van der Waals surface area contributed by atoms with E-state index in [1.54, 1.807) is 23.9 Å². The number of anilines is 1. The predicted molar refractivity (Wildman–Crippen MR) is 106 cm³/mol. The molecule has 0 spiro atoms. The largest absolute Gasteiger partial charge is 0.440 e. The molecule has 5 heteroatoms. The molecule has 3 heterocycles. The predicted octanol–water partition coefficient (Wildman–Crippen LogP) is 4.00. The molecule has 0 amide bonds. The maximum Gasteiger partial charge on any atom is 0.200 e. The first-order chi connectivity index (χ1) is 13.3. The first kappa shape index (κ1) is 16.7. The van der Waals surface area contributed by atoms with Crippen LogP contribution in [0.25, 0.3) is 11.3 Å². The minimum absolute atomic E-state index is 0.0360. The lowest BCUT2D eigenvalue weighted by molar-refractivity contribution is 0.120. The van der Waals surface area contributed by atoms with Gasteiger partial charge in [-0.3, -0.25) is 4.79 Å². The van der Waals surface area contributed by atoms with Crippen molar-refractivity contribution in [3.05, 3.63) is 75.9 Å². The zero-order valence-corrected chi connectivity index (χ0v) is 15.6. The van der Waals surface area contributed by atoms with Gasteiger partial charge >= 0.3 is 0 Å². The molecule has 1 radical (unpaired) electrons. The van der Waals surface area contributed by atoms with Crippen LogP contribution in [-0.2, 0) is 11.2 Å². The van der Waals surface area contributed by atoms with Crippen molar-refractivity contribution in [1.82, 2.24) is 0 Å². The van der Waals surface area contributed by atoms with E-state index in [1.807, 2.05) is 18.2 Å². The molecule has 0 aliphatic carbocycles. The molecule has 2 aliphatic rings. The first-order valence-corrected chi connectivity index (χ1v) is 9.86. The highest BCUT2D eigenvalue weighted by Gasteiger charge is 2.22. The Balaban J connectivity index is 1.58. The quantitative estimate of drug-likeness (QED) is 0.529. The van der Waals surface area contributed by atoms with Gasteiger partial charge in [0.25, 0.3) is 0 Å². The normalized spacial score (nSPS) is 15.9. The molecule has 135 valence electrons. The monoisotopic (exact) mass is 376 g/mol. The lowest BCUT2D eigenvalue weighted by Crippen LogP contribution is -2.36. The number of rotatable bonds is 2. The van der Waals surface area contributed by atoms with Gasteiger partial charge in [0.2, 0.25) is 0 Å². The molecule has 3 aromatic rings. The third kappa shape index (κ3) is 3.17. The summed E-state index contributed by atoms with van der Waals surface area (Å²) in [5, 5.41) is 0. The van der Waals surface area contributed by atoms with Gasteiger partial charge < -0.3 is 14.1 Å². The van der Waals surface area contributed by atoms with Crippen LogP contribution in [0.3, 0.4) is 0 Å². The van der Waals surface area contributed by atoms with Crippen molar-refractivity contribution in [3.63, 3.8) is 0 Å². The second-order valence-electron chi connectivity index (χ2n) is 6.70. The minimum Gasteiger partial charge on any atom is -0.440 e. The SMILES string of the molecule is O=c1cc(-c2cccc3c2Sc2cc[c]cc2C3)oc(N2CCOCC2)c1. The van der Waals surface area contributed by atoms with E-state index in [4.69, 9.17) is 9.15 Å². The average Bonchev–Trinajstić information content (AvgIpc) is 2.72. The van der Waals surface area contributed by atoms with Crippen molar-refractivity contribution in [3.8, 4) is 11.3 Å². The van der Waals surface area contributed by atoms with Gasteiger partial charge in [0.05, 0.1) is 13.2 Å². The second kappa shape index (κ2) is 6.91. The summed E-state index contributed by atoms with van der Waals surface area (Å²) < 4.78 is 11.6. The van der Waals surface area contributed by atoms with Crippen molar-refractivity contribution in [1.29, 1.82) is 0 Å². The maximum absolute atomic E-state index is 12.4. The molecule has 2 aromatic carbocycles. The Hall–Kier alpha value is -2.50. The summed E-state index contributed by atoms with van der Waals surface area (Å²) in [7, 11) is 0. The Morgan fingerprint density at radius 2 is 1.96 bits per heavy atom. The zero-order chi connectivity index (χ0) is 18.2. The zero-order valence-electron chi connectivity index (χ0n) is 14.7. The number of hydrogen-bond acceptors (Lipinski definition) is 5. The number of morpholine rings is 1. The molecule has 2 aliphatic heterocycles. The molecule has 27 heavy (non-hydrogen) atoms. The molecule has 0 bridgehead atoms. The summed E-state index contributed by atoms with van der Waals surface area (Å²) in [4.78, 5) is 16.8. The van der Waals surface area contributed by atoms with E-state index < -0.39 is 0 Å². The molecular formula is C22H18NO3S. The van der Waals surface area contributed by atoms with E-state index in [0.717, 1.165) is 25.1 Å². The average molecular weight is 376 g/mol. The number of hydrogen-bond donors (Lipinski definition) is 0. The van der Waals surface area contributed by atoms with Crippen LogP contribution in [-0.4, -0.2) is 26.3 Å². The van der Waals surface area contributed by atoms with Gasteiger partial charge in [0.1, 0.15) is 5.76 Å². The maximum atomic E-state index is 12.4. The van der Waals surface area contributed by atoms with Gasteiger partial charge in [0, 0.05) is 40.6 Å². The van der Waals surface area contributed by atoms with Gasteiger partial charge in [-0.05, 0) is 35.7 Å². The molecule has 1 aromatic heterocycles. The van der Waals surface area contributed by atoms with E-state index in [9.17, 15) is 4.79 Å². The Morgan fingerprint density at radius 1 is 1.07 bits per heavy atom. The number of nitrogens with zero attached hydrogens (tertiary/aromatic N) is 1. The van der Waals surface area contributed by atoms with Crippen molar-refractivity contribution in [2.24, 2.45) is 0 Å². The highest BCUT2D eigenvalue weighted by Crippen LogP contribution is 2.44. The minimum atomic E-state index is -0.0360. The number of benzene rings is 2. The Morgan fingerprint density at radius 3 is 2.85 bits per heavy atom. The molecule has 5 rings (SSSR count). The number of fused-ring (bicyclic) bond motifs is 2. The van der Waals surface area contributed by atoms with E-state index in [-0.39, 0.29) is 5.43 Å². The Labute approximate surface area is 161 Å². The molecule has 1 fully saturated rings. The molecule has 0 atom stereocenters. The topological polar surface area (TPSA) is 42.7 Å². The third-order valence-electron chi connectivity index (χ3n) is 4.94. The lowest BCUT2D eigenvalue weighted by Gasteiger charge is -2.27. The van der Waals surface area contributed by atoms with Crippen LogP contribution in [0.4, 0.5) is 5.88 Å². The fourth-order valence-corrected chi connectivity index (χ4v) is 4.75. The highest BCUT2D eigenvalue weighted by atomic mass is 32.2. The summed E-state index contributed by atoms with van der Waals surface area (Å²) in [6.07, 6.45) is 0.871. The molecule has 0 saturated carbocycles. The van der Waals surface area contributed by atoms with Crippen LogP contribution in [0.15, 0.2) is 67.5 Å². The summed E-state index contributed by atoms with van der Waals surface area (Å²) in [6, 6.07) is 18.6. The van der Waals surface area contributed by atoms with Crippen molar-refractivity contribution in [2.75, 3.05) is 31.2 Å². The molecule has 0 N–H and O–H groups in total.